The molecule has 1 atom stereocenters. The average molecular weight is 300 g/mol. The molecule has 0 amide bonds. The third-order valence-electron chi connectivity index (χ3n) is 3.50. The van der Waals surface area contributed by atoms with Gasteiger partial charge in [-0.05, 0) is 36.6 Å². The van der Waals surface area contributed by atoms with E-state index in [0.717, 1.165) is 22.4 Å². The van der Waals surface area contributed by atoms with Crippen LogP contribution in [0.25, 0.3) is 0 Å². The molecule has 0 spiro atoms. The maximum atomic E-state index is 9.35. The summed E-state index contributed by atoms with van der Waals surface area (Å²) in [5.74, 6) is 0.663. The number of ether oxygens (including phenoxy) is 1. The summed E-state index contributed by atoms with van der Waals surface area (Å²) in [6, 6.07) is 15.9. The van der Waals surface area contributed by atoms with Crippen LogP contribution in [0.3, 0.4) is 0 Å². The van der Waals surface area contributed by atoms with E-state index in [0.29, 0.717) is 18.1 Å². The maximum Gasteiger partial charge on any atom is 0.125 e. The average Bonchev–Trinajstić information content (AvgIpc) is 2.47. The van der Waals surface area contributed by atoms with Crippen LogP contribution < -0.4 is 4.74 Å². The topological polar surface area (TPSA) is 33.0 Å². The number of halogens is 1. The Kier molecular flexibility index (Phi) is 5.25. The van der Waals surface area contributed by atoms with Crippen molar-refractivity contribution < 1.29 is 4.74 Å². The van der Waals surface area contributed by atoms with E-state index in [1.165, 1.54) is 0 Å². The van der Waals surface area contributed by atoms with Crippen molar-refractivity contribution in [2.75, 3.05) is 6.61 Å². The van der Waals surface area contributed by atoms with Gasteiger partial charge in [0.2, 0.25) is 0 Å². The highest BCUT2D eigenvalue weighted by Crippen LogP contribution is 2.28. The van der Waals surface area contributed by atoms with E-state index in [1.807, 2.05) is 56.3 Å². The van der Waals surface area contributed by atoms with Crippen LogP contribution >= 0.6 is 11.6 Å². The van der Waals surface area contributed by atoms with Gasteiger partial charge in [-0.1, -0.05) is 48.0 Å². The monoisotopic (exact) mass is 299 g/mol. The molecule has 0 saturated heterocycles. The Bertz CT molecular complexity index is 640. The van der Waals surface area contributed by atoms with Gasteiger partial charge in [0, 0.05) is 11.4 Å². The molecule has 0 saturated carbocycles. The molecule has 3 heteroatoms. The number of para-hydroxylation sites is 1. The molecule has 0 N–H and O–H groups in total. The predicted octanol–water partition coefficient (Wildman–Crippen LogP) is 5.03. The van der Waals surface area contributed by atoms with Crippen LogP contribution in [0.15, 0.2) is 42.5 Å². The smallest absolute Gasteiger partial charge is 0.125 e. The number of hydrogen-bond donors (Lipinski definition) is 0. The van der Waals surface area contributed by atoms with Crippen molar-refractivity contribution in [1.29, 1.82) is 5.26 Å². The Morgan fingerprint density at radius 2 is 1.76 bits per heavy atom. The molecular formula is C18H18ClNO. The molecule has 2 rings (SSSR count). The van der Waals surface area contributed by atoms with E-state index in [-0.39, 0.29) is 5.92 Å². The van der Waals surface area contributed by atoms with Gasteiger partial charge in [-0.25, -0.2) is 0 Å². The van der Waals surface area contributed by atoms with Gasteiger partial charge in [0.05, 0.1) is 18.6 Å². The van der Waals surface area contributed by atoms with Crippen LogP contribution in [0.5, 0.6) is 5.75 Å². The summed E-state index contributed by atoms with van der Waals surface area (Å²) in [6.07, 6.45) is 0.619. The summed E-state index contributed by atoms with van der Waals surface area (Å²) in [5.41, 5.74) is 3.09. The van der Waals surface area contributed by atoms with Crippen molar-refractivity contribution in [2.45, 2.75) is 26.2 Å². The van der Waals surface area contributed by atoms with Gasteiger partial charge in [0.15, 0.2) is 0 Å². The molecule has 0 aliphatic heterocycles. The van der Waals surface area contributed by atoms with Crippen LogP contribution in [0, 0.1) is 25.2 Å². The van der Waals surface area contributed by atoms with Crippen molar-refractivity contribution in [3.05, 3.63) is 64.2 Å². The lowest BCUT2D eigenvalue weighted by molar-refractivity contribution is 0.302. The van der Waals surface area contributed by atoms with E-state index < -0.39 is 0 Å². The molecule has 0 aliphatic carbocycles. The second-order valence-electron chi connectivity index (χ2n) is 5.06. The largest absolute Gasteiger partial charge is 0.493 e. The lowest BCUT2D eigenvalue weighted by Gasteiger charge is -2.14. The van der Waals surface area contributed by atoms with E-state index in [1.54, 1.807) is 0 Å². The predicted molar refractivity (Wildman–Crippen MR) is 85.8 cm³/mol. The highest BCUT2D eigenvalue weighted by atomic mass is 35.5. The molecule has 2 aromatic rings. The number of rotatable bonds is 5. The minimum absolute atomic E-state index is 0.247. The maximum absolute atomic E-state index is 9.35. The number of hydrogen-bond acceptors (Lipinski definition) is 2. The Labute approximate surface area is 130 Å². The Hall–Kier alpha value is -1.98. The zero-order valence-electron chi connectivity index (χ0n) is 12.3. The number of nitriles is 1. The van der Waals surface area contributed by atoms with Gasteiger partial charge in [0.1, 0.15) is 5.75 Å². The molecular weight excluding hydrogens is 282 g/mol. The van der Waals surface area contributed by atoms with E-state index in [4.69, 9.17) is 16.3 Å². The van der Waals surface area contributed by atoms with Gasteiger partial charge in [-0.2, -0.15) is 5.26 Å². The van der Waals surface area contributed by atoms with Crippen LogP contribution in [-0.4, -0.2) is 6.61 Å². The van der Waals surface area contributed by atoms with Gasteiger partial charge >= 0.3 is 0 Å². The second kappa shape index (κ2) is 7.15. The lowest BCUT2D eigenvalue weighted by atomic mass is 9.97. The van der Waals surface area contributed by atoms with Crippen molar-refractivity contribution >= 4 is 11.6 Å². The number of aryl methyl sites for hydroxylation is 2. The molecule has 108 valence electrons. The second-order valence-corrected chi connectivity index (χ2v) is 5.47. The van der Waals surface area contributed by atoms with E-state index in [9.17, 15) is 5.26 Å². The van der Waals surface area contributed by atoms with E-state index >= 15 is 0 Å². The van der Waals surface area contributed by atoms with Gasteiger partial charge in [-0.15, -0.1) is 0 Å². The third kappa shape index (κ3) is 3.77. The van der Waals surface area contributed by atoms with E-state index in [2.05, 4.69) is 6.07 Å². The minimum atomic E-state index is -0.247. The number of nitrogens with zero attached hydrogens (tertiary/aromatic N) is 1. The first-order valence-electron chi connectivity index (χ1n) is 6.96. The molecule has 21 heavy (non-hydrogen) atoms. The van der Waals surface area contributed by atoms with Crippen LogP contribution in [0.1, 0.15) is 29.0 Å². The molecule has 1 unspecified atom stereocenters. The Morgan fingerprint density at radius 1 is 1.10 bits per heavy atom. The quantitative estimate of drug-likeness (QED) is 0.775. The van der Waals surface area contributed by atoms with Crippen molar-refractivity contribution in [2.24, 2.45) is 0 Å². The fraction of sp³-hybridized carbons (Fsp3) is 0.278. The molecule has 0 bridgehead atoms. The standard InChI is InChI=1S/C18H18ClNO/c1-13-6-5-7-14(2)18(13)21-11-10-15(12-20)16-8-3-4-9-17(16)19/h3-9,15H,10-11H2,1-2H3. The summed E-state index contributed by atoms with van der Waals surface area (Å²) in [4.78, 5) is 0. The van der Waals surface area contributed by atoms with Gasteiger partial charge in [-0.3, -0.25) is 0 Å². The lowest BCUT2D eigenvalue weighted by Crippen LogP contribution is -2.06. The SMILES string of the molecule is Cc1cccc(C)c1OCCC(C#N)c1ccccc1Cl. The molecule has 0 radical (unpaired) electrons. The summed E-state index contributed by atoms with van der Waals surface area (Å²) in [6.45, 7) is 4.55. The van der Waals surface area contributed by atoms with Crippen molar-refractivity contribution in [3.63, 3.8) is 0 Å². The zero-order valence-corrected chi connectivity index (χ0v) is 13.0. The fourth-order valence-electron chi connectivity index (χ4n) is 2.35. The summed E-state index contributed by atoms with van der Waals surface area (Å²) in [7, 11) is 0. The summed E-state index contributed by atoms with van der Waals surface area (Å²) < 4.78 is 5.87. The first-order valence-corrected chi connectivity index (χ1v) is 7.34. The zero-order chi connectivity index (χ0) is 15.2. The summed E-state index contributed by atoms with van der Waals surface area (Å²) in [5, 5.41) is 9.98. The van der Waals surface area contributed by atoms with Crippen LogP contribution in [-0.2, 0) is 0 Å². The highest BCUT2D eigenvalue weighted by molar-refractivity contribution is 6.31. The first-order chi connectivity index (χ1) is 10.1. The van der Waals surface area contributed by atoms with Crippen molar-refractivity contribution in [3.8, 4) is 11.8 Å². The first kappa shape index (κ1) is 15.4. The van der Waals surface area contributed by atoms with Crippen LogP contribution in [0.2, 0.25) is 5.02 Å². The molecule has 2 nitrogen and oxygen atoms in total. The summed E-state index contributed by atoms with van der Waals surface area (Å²) >= 11 is 6.15. The third-order valence-corrected chi connectivity index (χ3v) is 3.84. The van der Waals surface area contributed by atoms with Gasteiger partial charge < -0.3 is 4.74 Å². The highest BCUT2D eigenvalue weighted by Gasteiger charge is 2.14. The van der Waals surface area contributed by atoms with Gasteiger partial charge in [0.25, 0.3) is 0 Å². The molecule has 0 heterocycles. The number of benzene rings is 2. The molecule has 2 aromatic carbocycles. The molecule has 0 aromatic heterocycles. The Morgan fingerprint density at radius 3 is 2.38 bits per heavy atom. The molecule has 0 fully saturated rings. The van der Waals surface area contributed by atoms with Crippen LogP contribution in [0.4, 0.5) is 0 Å². The fourth-order valence-corrected chi connectivity index (χ4v) is 2.62. The normalized spacial score (nSPS) is 11.7. The van der Waals surface area contributed by atoms with Crippen molar-refractivity contribution in [1.82, 2.24) is 0 Å². The minimum Gasteiger partial charge on any atom is -0.493 e. The molecule has 0 aliphatic rings. The Balaban J connectivity index is 2.02.